The van der Waals surface area contributed by atoms with Gasteiger partial charge in [0.2, 0.25) is 0 Å². The lowest BCUT2D eigenvalue weighted by Crippen LogP contribution is -2.46. The normalized spacial score (nSPS) is 20.7. The summed E-state index contributed by atoms with van der Waals surface area (Å²) in [7, 11) is 1.28. The van der Waals surface area contributed by atoms with Crippen LogP contribution in [0.5, 0.6) is 5.75 Å². The van der Waals surface area contributed by atoms with Crippen molar-refractivity contribution < 1.29 is 19.4 Å². The molecule has 0 amide bonds. The second-order valence-corrected chi connectivity index (χ2v) is 7.70. The summed E-state index contributed by atoms with van der Waals surface area (Å²) in [6, 6.07) is 13.4. The number of aliphatic hydroxyl groups excluding tert-OH is 1. The van der Waals surface area contributed by atoms with E-state index >= 15 is 0 Å². The Labute approximate surface area is 173 Å². The van der Waals surface area contributed by atoms with Gasteiger partial charge in [-0.2, -0.15) is 0 Å². The zero-order chi connectivity index (χ0) is 20.8. The number of hydrogen-bond acceptors (Lipinski definition) is 6. The molecule has 0 spiro atoms. The van der Waals surface area contributed by atoms with Gasteiger partial charge in [-0.1, -0.05) is 18.2 Å². The molecule has 1 N–H and O–H groups in total. The third kappa shape index (κ3) is 2.79. The van der Waals surface area contributed by atoms with Crippen molar-refractivity contribution in [3.63, 3.8) is 0 Å². The van der Waals surface area contributed by atoms with Crippen molar-refractivity contribution in [2.45, 2.75) is 25.5 Å². The first-order valence-corrected chi connectivity index (χ1v) is 10.1. The van der Waals surface area contributed by atoms with Crippen LogP contribution >= 0.6 is 0 Å². The highest BCUT2D eigenvalue weighted by Crippen LogP contribution is 2.39. The van der Waals surface area contributed by atoms with Crippen molar-refractivity contribution in [1.82, 2.24) is 4.98 Å². The predicted molar refractivity (Wildman–Crippen MR) is 112 cm³/mol. The van der Waals surface area contributed by atoms with E-state index < -0.39 is 18.0 Å². The molecule has 3 heterocycles. The van der Waals surface area contributed by atoms with Crippen molar-refractivity contribution >= 4 is 22.4 Å². The summed E-state index contributed by atoms with van der Waals surface area (Å²) in [6.07, 6.45) is 1.30. The summed E-state index contributed by atoms with van der Waals surface area (Å²) in [5.41, 5.74) is 3.73. The van der Waals surface area contributed by atoms with Gasteiger partial charge in [0, 0.05) is 34.7 Å². The summed E-state index contributed by atoms with van der Waals surface area (Å²) in [6.45, 7) is 2.55. The van der Waals surface area contributed by atoms with Gasteiger partial charge in [-0.25, -0.2) is 4.79 Å². The van der Waals surface area contributed by atoms with Crippen molar-refractivity contribution in [2.24, 2.45) is 10.9 Å². The summed E-state index contributed by atoms with van der Waals surface area (Å²) >= 11 is 0. The fourth-order valence-corrected chi connectivity index (χ4v) is 4.67. The van der Waals surface area contributed by atoms with Crippen LogP contribution in [0.1, 0.15) is 18.1 Å². The molecule has 1 aromatic heterocycles. The lowest BCUT2D eigenvalue weighted by molar-refractivity contribution is -0.152. The minimum absolute atomic E-state index is 0.314. The zero-order valence-electron chi connectivity index (χ0n) is 16.8. The van der Waals surface area contributed by atoms with E-state index in [1.165, 1.54) is 12.7 Å². The van der Waals surface area contributed by atoms with Gasteiger partial charge >= 0.3 is 5.97 Å². The van der Waals surface area contributed by atoms with Gasteiger partial charge in [0.15, 0.2) is 6.10 Å². The van der Waals surface area contributed by atoms with Crippen LogP contribution in [0.2, 0.25) is 0 Å². The molecule has 6 nitrogen and oxygen atoms in total. The molecule has 2 aromatic carbocycles. The van der Waals surface area contributed by atoms with Gasteiger partial charge in [0.1, 0.15) is 5.75 Å². The van der Waals surface area contributed by atoms with E-state index in [0.29, 0.717) is 6.61 Å². The number of ether oxygens (including phenoxy) is 2. The number of rotatable bonds is 3. The van der Waals surface area contributed by atoms with E-state index in [1.54, 1.807) is 0 Å². The number of fused-ring (bicyclic) bond motifs is 1. The average Bonchev–Trinajstić information content (AvgIpc) is 2.78. The Morgan fingerprint density at radius 1 is 1.23 bits per heavy atom. The molecular formula is C24H22N2O4. The largest absolute Gasteiger partial charge is 0.493 e. The molecule has 0 aliphatic carbocycles. The number of para-hydroxylation sites is 1. The number of benzene rings is 2. The van der Waals surface area contributed by atoms with Crippen LogP contribution in [0.25, 0.3) is 16.5 Å². The van der Waals surface area contributed by atoms with Crippen LogP contribution in [0.4, 0.5) is 0 Å². The van der Waals surface area contributed by atoms with E-state index in [-0.39, 0.29) is 6.04 Å². The van der Waals surface area contributed by atoms with Crippen molar-refractivity contribution in [3.05, 3.63) is 70.4 Å². The minimum Gasteiger partial charge on any atom is -0.493 e. The molecule has 2 aliphatic rings. The van der Waals surface area contributed by atoms with Gasteiger partial charge in [0.25, 0.3) is 0 Å². The molecule has 2 unspecified atom stereocenters. The van der Waals surface area contributed by atoms with Gasteiger partial charge in [-0.15, -0.1) is 0 Å². The summed E-state index contributed by atoms with van der Waals surface area (Å²) in [4.78, 5) is 21.7. The van der Waals surface area contributed by atoms with Crippen LogP contribution in [0.3, 0.4) is 0 Å². The SMILES string of the molecule is COC(=O)[C@@H](O)C1C(c2ccc3c4c(ccnc24)CCO3)=c2ccccc2=NC1C. The molecule has 5 rings (SSSR count). The molecular weight excluding hydrogens is 380 g/mol. The van der Waals surface area contributed by atoms with Gasteiger partial charge in [-0.3, -0.25) is 9.98 Å². The molecule has 0 radical (unpaired) electrons. The summed E-state index contributed by atoms with van der Waals surface area (Å²) < 4.78 is 10.7. The van der Waals surface area contributed by atoms with Crippen molar-refractivity contribution in [2.75, 3.05) is 13.7 Å². The van der Waals surface area contributed by atoms with Gasteiger partial charge in [-0.05, 0) is 42.3 Å². The second kappa shape index (κ2) is 7.22. The third-order valence-electron chi connectivity index (χ3n) is 6.03. The Hall–Kier alpha value is -3.25. The molecule has 3 atom stereocenters. The maximum atomic E-state index is 12.3. The summed E-state index contributed by atoms with van der Waals surface area (Å²) in [5.74, 6) is -0.413. The van der Waals surface area contributed by atoms with Crippen LogP contribution in [0, 0.1) is 5.92 Å². The molecule has 30 heavy (non-hydrogen) atoms. The number of pyridine rings is 1. The lowest BCUT2D eigenvalue weighted by Gasteiger charge is -2.31. The highest BCUT2D eigenvalue weighted by atomic mass is 16.5. The number of hydrogen-bond donors (Lipinski definition) is 1. The third-order valence-corrected chi connectivity index (χ3v) is 6.03. The van der Waals surface area contributed by atoms with Crippen LogP contribution in [0.15, 0.2) is 53.7 Å². The first-order chi connectivity index (χ1) is 14.6. The average molecular weight is 402 g/mol. The standard InChI is InChI=1S/C24H22N2O4/c1-13-19(23(27)24(28)29-2)21(15-5-3-4-6-17(15)26-13)16-7-8-18-20-14(10-12-30-18)9-11-25-22(16)20/h3-9,11,13,19,23,27H,10,12H2,1-2H3/t13?,19?,23-/m0/s1. The van der Waals surface area contributed by atoms with Crippen LogP contribution in [-0.4, -0.2) is 41.9 Å². The summed E-state index contributed by atoms with van der Waals surface area (Å²) in [5, 5.41) is 13.6. The van der Waals surface area contributed by atoms with E-state index in [9.17, 15) is 9.90 Å². The number of aromatic nitrogens is 1. The Bertz CT molecular complexity index is 1270. The lowest BCUT2D eigenvalue weighted by atomic mass is 9.79. The smallest absolute Gasteiger partial charge is 0.335 e. The molecule has 0 bridgehead atoms. The molecule has 6 heteroatoms. The highest BCUT2D eigenvalue weighted by Gasteiger charge is 2.38. The number of carbonyl (C=O) groups is 1. The van der Waals surface area contributed by atoms with Crippen LogP contribution < -0.4 is 15.3 Å². The second-order valence-electron chi connectivity index (χ2n) is 7.70. The zero-order valence-corrected chi connectivity index (χ0v) is 16.8. The monoisotopic (exact) mass is 402 g/mol. The van der Waals surface area contributed by atoms with Crippen molar-refractivity contribution in [3.8, 4) is 5.75 Å². The Kier molecular flexibility index (Phi) is 4.51. The first-order valence-electron chi connectivity index (χ1n) is 10.1. The molecule has 2 aliphatic heterocycles. The van der Waals surface area contributed by atoms with Gasteiger partial charge in [0.05, 0.1) is 30.6 Å². The number of esters is 1. The number of methoxy groups -OCH3 is 1. The quantitative estimate of drug-likeness (QED) is 0.672. The first kappa shape index (κ1) is 18.8. The number of carbonyl (C=O) groups excluding carboxylic acids is 1. The predicted octanol–water partition coefficient (Wildman–Crippen LogP) is 1.54. The fourth-order valence-electron chi connectivity index (χ4n) is 4.67. The topological polar surface area (TPSA) is 81.0 Å². The van der Waals surface area contributed by atoms with E-state index in [4.69, 9.17) is 14.5 Å². The van der Waals surface area contributed by atoms with Gasteiger partial charge < -0.3 is 14.6 Å². The Morgan fingerprint density at radius 2 is 2.07 bits per heavy atom. The molecule has 0 fully saturated rings. The number of aliphatic hydroxyl groups is 1. The molecule has 3 aromatic rings. The van der Waals surface area contributed by atoms with Crippen LogP contribution in [-0.2, 0) is 16.0 Å². The maximum absolute atomic E-state index is 12.3. The fraction of sp³-hybridized carbons (Fsp3) is 0.292. The van der Waals surface area contributed by atoms with E-state index in [0.717, 1.165) is 44.8 Å². The minimum atomic E-state index is -1.33. The highest BCUT2D eigenvalue weighted by molar-refractivity contribution is 5.98. The maximum Gasteiger partial charge on any atom is 0.335 e. The van der Waals surface area contributed by atoms with E-state index in [1.807, 2.05) is 55.6 Å². The molecule has 0 saturated carbocycles. The Balaban J connectivity index is 1.86. The number of nitrogens with zero attached hydrogens (tertiary/aromatic N) is 2. The Morgan fingerprint density at radius 3 is 2.90 bits per heavy atom. The molecule has 0 saturated heterocycles. The van der Waals surface area contributed by atoms with Crippen molar-refractivity contribution in [1.29, 1.82) is 0 Å². The van der Waals surface area contributed by atoms with E-state index in [2.05, 4.69) is 4.98 Å². The molecule has 152 valence electrons.